The summed E-state index contributed by atoms with van der Waals surface area (Å²) in [5.41, 5.74) is 0.0370. The standard InChI is InChI=1S/C19H22N4O6S/c1-11-6-4-5-7-13(11)29-9-12(24)8-23-15-16(20-18(23)30-10-14(25)26)21(2)19(28)22(3)17(15)27/h4-7,12,24H,8-10H2,1-3H3,(H,25,26)/t12-/m1/s1. The predicted molar refractivity (Wildman–Crippen MR) is 111 cm³/mol. The van der Waals surface area contributed by atoms with E-state index in [1.54, 1.807) is 6.07 Å². The molecule has 0 spiro atoms. The van der Waals surface area contributed by atoms with Gasteiger partial charge in [0.2, 0.25) is 0 Å². The molecule has 1 atom stereocenters. The number of rotatable bonds is 8. The van der Waals surface area contributed by atoms with Gasteiger partial charge in [-0.1, -0.05) is 30.0 Å². The highest BCUT2D eigenvalue weighted by Gasteiger charge is 2.22. The first-order valence-electron chi connectivity index (χ1n) is 9.08. The molecule has 30 heavy (non-hydrogen) atoms. The lowest BCUT2D eigenvalue weighted by Gasteiger charge is -2.16. The number of ether oxygens (including phenoxy) is 1. The average molecular weight is 434 g/mol. The van der Waals surface area contributed by atoms with E-state index in [0.29, 0.717) is 5.75 Å². The van der Waals surface area contributed by atoms with Crippen LogP contribution in [-0.4, -0.2) is 53.3 Å². The number of aliphatic hydroxyl groups is 1. The lowest BCUT2D eigenvalue weighted by atomic mass is 10.2. The Kier molecular flexibility index (Phi) is 6.32. The summed E-state index contributed by atoms with van der Waals surface area (Å²) < 4.78 is 9.28. The SMILES string of the molecule is Cc1ccccc1OC[C@H](O)Cn1c(SCC(=O)O)nc2c1c(=O)n(C)c(=O)n2C. The summed E-state index contributed by atoms with van der Waals surface area (Å²) in [7, 11) is 2.83. The van der Waals surface area contributed by atoms with E-state index in [1.165, 1.54) is 23.2 Å². The third kappa shape index (κ3) is 4.26. The van der Waals surface area contributed by atoms with E-state index in [2.05, 4.69) is 4.98 Å². The van der Waals surface area contributed by atoms with E-state index >= 15 is 0 Å². The van der Waals surface area contributed by atoms with Crippen LogP contribution in [0.25, 0.3) is 11.2 Å². The summed E-state index contributed by atoms with van der Waals surface area (Å²) in [6.07, 6.45) is -1.01. The van der Waals surface area contributed by atoms with Crippen molar-refractivity contribution in [2.24, 2.45) is 14.1 Å². The van der Waals surface area contributed by atoms with Crippen LogP contribution in [0.1, 0.15) is 5.56 Å². The van der Waals surface area contributed by atoms with E-state index < -0.39 is 23.3 Å². The summed E-state index contributed by atoms with van der Waals surface area (Å²) in [6.45, 7) is 1.79. The number of aryl methyl sites for hydroxylation is 2. The molecule has 0 aliphatic carbocycles. The van der Waals surface area contributed by atoms with Crippen molar-refractivity contribution in [2.45, 2.75) is 24.7 Å². The largest absolute Gasteiger partial charge is 0.491 e. The Labute approximate surface area is 175 Å². The van der Waals surface area contributed by atoms with Crippen molar-refractivity contribution in [1.82, 2.24) is 18.7 Å². The van der Waals surface area contributed by atoms with Gasteiger partial charge < -0.3 is 19.5 Å². The number of carboxylic acids is 1. The van der Waals surface area contributed by atoms with Crippen molar-refractivity contribution in [3.05, 3.63) is 50.7 Å². The van der Waals surface area contributed by atoms with Gasteiger partial charge in [0.25, 0.3) is 5.56 Å². The number of hydrogen-bond acceptors (Lipinski definition) is 7. The molecule has 0 unspecified atom stereocenters. The minimum Gasteiger partial charge on any atom is -0.491 e. The van der Waals surface area contributed by atoms with Crippen LogP contribution in [0.3, 0.4) is 0 Å². The van der Waals surface area contributed by atoms with Gasteiger partial charge in [-0.25, -0.2) is 9.78 Å². The molecule has 0 saturated heterocycles. The van der Waals surface area contributed by atoms with Gasteiger partial charge in [-0.15, -0.1) is 0 Å². The zero-order valence-electron chi connectivity index (χ0n) is 16.7. The molecule has 0 aliphatic heterocycles. The Hall–Kier alpha value is -3.05. The highest BCUT2D eigenvalue weighted by molar-refractivity contribution is 7.99. The van der Waals surface area contributed by atoms with Crippen molar-refractivity contribution in [1.29, 1.82) is 0 Å². The molecule has 2 N–H and O–H groups in total. The number of imidazole rings is 1. The monoisotopic (exact) mass is 434 g/mol. The summed E-state index contributed by atoms with van der Waals surface area (Å²) in [6, 6.07) is 7.37. The summed E-state index contributed by atoms with van der Waals surface area (Å²) in [5, 5.41) is 19.8. The molecule has 160 valence electrons. The number of aliphatic hydroxyl groups excluding tert-OH is 1. The first-order chi connectivity index (χ1) is 14.2. The fraction of sp³-hybridized carbons (Fsp3) is 0.368. The fourth-order valence-corrected chi connectivity index (χ4v) is 3.73. The van der Waals surface area contributed by atoms with E-state index in [0.717, 1.165) is 21.9 Å². The Bertz CT molecular complexity index is 1210. The van der Waals surface area contributed by atoms with Crippen molar-refractivity contribution < 1.29 is 19.7 Å². The normalized spacial score (nSPS) is 12.3. The second-order valence-corrected chi connectivity index (χ2v) is 7.74. The van der Waals surface area contributed by atoms with Crippen LogP contribution >= 0.6 is 11.8 Å². The van der Waals surface area contributed by atoms with Gasteiger partial charge in [0.1, 0.15) is 18.5 Å². The number of hydrogen-bond donors (Lipinski definition) is 2. The Morgan fingerprint density at radius 1 is 1.23 bits per heavy atom. The molecular weight excluding hydrogens is 412 g/mol. The molecule has 0 bridgehead atoms. The van der Waals surface area contributed by atoms with E-state index in [1.807, 2.05) is 25.1 Å². The third-order valence-corrected chi connectivity index (χ3v) is 5.52. The molecule has 0 aliphatic rings. The number of aliphatic carboxylic acids is 1. The van der Waals surface area contributed by atoms with Gasteiger partial charge in [0, 0.05) is 14.1 Å². The molecule has 3 aromatic rings. The van der Waals surface area contributed by atoms with Gasteiger partial charge in [0.05, 0.1) is 12.3 Å². The first kappa shape index (κ1) is 21.7. The highest BCUT2D eigenvalue weighted by atomic mass is 32.2. The minimum atomic E-state index is -1.05. The predicted octanol–water partition coefficient (Wildman–Crippen LogP) is 0.359. The van der Waals surface area contributed by atoms with Gasteiger partial charge in [-0.3, -0.25) is 18.7 Å². The topological polar surface area (TPSA) is 129 Å². The number of carboxylic acid groups (broad SMARTS) is 1. The maximum atomic E-state index is 12.7. The maximum absolute atomic E-state index is 12.7. The molecule has 0 radical (unpaired) electrons. The van der Waals surface area contributed by atoms with Crippen LogP contribution in [-0.2, 0) is 25.4 Å². The lowest BCUT2D eigenvalue weighted by Crippen LogP contribution is -2.38. The van der Waals surface area contributed by atoms with Crippen molar-refractivity contribution in [2.75, 3.05) is 12.4 Å². The number of thioether (sulfide) groups is 1. The van der Waals surface area contributed by atoms with E-state index in [9.17, 15) is 19.5 Å². The third-order valence-electron chi connectivity index (χ3n) is 4.56. The molecule has 0 amide bonds. The molecule has 1 aromatic carbocycles. The van der Waals surface area contributed by atoms with Gasteiger partial charge >= 0.3 is 11.7 Å². The Balaban J connectivity index is 1.96. The zero-order chi connectivity index (χ0) is 22.0. The molecule has 11 heteroatoms. The fourth-order valence-electron chi connectivity index (χ4n) is 3.00. The summed E-state index contributed by atoms with van der Waals surface area (Å²) in [4.78, 5) is 40.2. The minimum absolute atomic E-state index is 0.0420. The molecule has 2 aromatic heterocycles. The quantitative estimate of drug-likeness (QED) is 0.486. The van der Waals surface area contributed by atoms with Crippen molar-refractivity contribution >= 4 is 28.9 Å². The van der Waals surface area contributed by atoms with Crippen LogP contribution in [0.15, 0.2) is 39.0 Å². The van der Waals surface area contributed by atoms with Crippen LogP contribution in [0.2, 0.25) is 0 Å². The van der Waals surface area contributed by atoms with Crippen LogP contribution in [0.4, 0.5) is 0 Å². The number of para-hydroxylation sites is 1. The molecular formula is C19H22N4O6S. The van der Waals surface area contributed by atoms with Crippen LogP contribution in [0, 0.1) is 6.92 Å². The average Bonchev–Trinajstić information content (AvgIpc) is 3.06. The smallest absolute Gasteiger partial charge is 0.332 e. The Morgan fingerprint density at radius 2 is 1.93 bits per heavy atom. The number of carbonyl (C=O) groups is 1. The number of benzene rings is 1. The molecule has 3 rings (SSSR count). The van der Waals surface area contributed by atoms with Crippen LogP contribution in [0.5, 0.6) is 5.75 Å². The van der Waals surface area contributed by atoms with E-state index in [-0.39, 0.29) is 35.2 Å². The van der Waals surface area contributed by atoms with Gasteiger partial charge in [-0.05, 0) is 18.6 Å². The summed E-state index contributed by atoms with van der Waals surface area (Å²) >= 11 is 0.906. The van der Waals surface area contributed by atoms with E-state index in [4.69, 9.17) is 9.84 Å². The zero-order valence-corrected chi connectivity index (χ0v) is 17.5. The highest BCUT2D eigenvalue weighted by Crippen LogP contribution is 2.22. The summed E-state index contributed by atoms with van der Waals surface area (Å²) in [5.74, 6) is -0.706. The van der Waals surface area contributed by atoms with Crippen molar-refractivity contribution in [3.8, 4) is 5.75 Å². The second kappa shape index (κ2) is 8.76. The maximum Gasteiger partial charge on any atom is 0.332 e. The first-order valence-corrected chi connectivity index (χ1v) is 10.1. The number of nitrogens with zero attached hydrogens (tertiary/aromatic N) is 4. The van der Waals surface area contributed by atoms with Crippen molar-refractivity contribution in [3.63, 3.8) is 0 Å². The second-order valence-electron chi connectivity index (χ2n) is 6.80. The lowest BCUT2D eigenvalue weighted by molar-refractivity contribution is -0.133. The molecule has 10 nitrogen and oxygen atoms in total. The van der Waals surface area contributed by atoms with Gasteiger partial charge in [-0.2, -0.15) is 0 Å². The molecule has 0 fully saturated rings. The Morgan fingerprint density at radius 3 is 2.60 bits per heavy atom. The number of fused-ring (bicyclic) bond motifs is 1. The molecule has 0 saturated carbocycles. The van der Waals surface area contributed by atoms with Crippen LogP contribution < -0.4 is 16.0 Å². The number of aromatic nitrogens is 4. The van der Waals surface area contributed by atoms with Gasteiger partial charge in [0.15, 0.2) is 16.3 Å². The molecule has 2 heterocycles.